The fourth-order valence-electron chi connectivity index (χ4n) is 2.10. The van der Waals surface area contributed by atoms with Gasteiger partial charge < -0.3 is 5.11 Å². The number of hydrogen-bond donors (Lipinski definition) is 1. The molecule has 0 radical (unpaired) electrons. The molecular weight excluding hydrogens is 210 g/mol. The maximum atomic E-state index is 10.0. The summed E-state index contributed by atoms with van der Waals surface area (Å²) in [7, 11) is 0. The molecule has 1 rings (SSSR count). The van der Waals surface area contributed by atoms with Gasteiger partial charge in [0, 0.05) is 0 Å². The number of nitriles is 1. The van der Waals surface area contributed by atoms with E-state index in [1.54, 1.807) is 0 Å². The molecule has 0 saturated carbocycles. The molecule has 3 unspecified atom stereocenters. The van der Waals surface area contributed by atoms with Crippen molar-refractivity contribution in [2.75, 3.05) is 0 Å². The molecule has 0 aliphatic rings. The summed E-state index contributed by atoms with van der Waals surface area (Å²) in [5.74, 6) is 0.0602. The first-order chi connectivity index (χ1) is 8.19. The summed E-state index contributed by atoms with van der Waals surface area (Å²) in [5.41, 5.74) is 1.22. The van der Waals surface area contributed by atoms with Gasteiger partial charge in [-0.15, -0.1) is 0 Å². The quantitative estimate of drug-likeness (QED) is 0.814. The standard InChI is InChI=1S/C15H21NO/c1-3-7-14(11-16)15(17)10-12(2)13-8-5-4-6-9-13/h4-6,8-9,12,14-15,17H,3,7,10H2,1-2H3. The summed E-state index contributed by atoms with van der Waals surface area (Å²) in [6, 6.07) is 12.3. The van der Waals surface area contributed by atoms with Crippen LogP contribution in [-0.2, 0) is 0 Å². The van der Waals surface area contributed by atoms with Gasteiger partial charge in [-0.25, -0.2) is 0 Å². The van der Waals surface area contributed by atoms with E-state index in [9.17, 15) is 5.11 Å². The molecule has 17 heavy (non-hydrogen) atoms. The summed E-state index contributed by atoms with van der Waals surface area (Å²) in [6.45, 7) is 4.14. The third kappa shape index (κ3) is 4.20. The predicted octanol–water partition coefficient (Wildman–Crippen LogP) is 3.48. The van der Waals surface area contributed by atoms with E-state index in [1.165, 1.54) is 5.56 Å². The fourth-order valence-corrected chi connectivity index (χ4v) is 2.10. The van der Waals surface area contributed by atoms with E-state index < -0.39 is 6.10 Å². The van der Waals surface area contributed by atoms with Crippen molar-refractivity contribution in [3.05, 3.63) is 35.9 Å². The Bertz CT molecular complexity index is 355. The molecule has 0 aliphatic carbocycles. The van der Waals surface area contributed by atoms with Crippen LogP contribution in [-0.4, -0.2) is 11.2 Å². The van der Waals surface area contributed by atoms with Crippen molar-refractivity contribution in [2.45, 2.75) is 45.1 Å². The van der Waals surface area contributed by atoms with Crippen molar-refractivity contribution in [3.63, 3.8) is 0 Å². The first-order valence-corrected chi connectivity index (χ1v) is 6.31. The molecule has 0 spiro atoms. The molecule has 2 heteroatoms. The Hall–Kier alpha value is -1.33. The highest BCUT2D eigenvalue weighted by atomic mass is 16.3. The lowest BCUT2D eigenvalue weighted by Crippen LogP contribution is -2.21. The summed E-state index contributed by atoms with van der Waals surface area (Å²) in [5, 5.41) is 19.1. The second kappa shape index (κ2) is 7.09. The van der Waals surface area contributed by atoms with Gasteiger partial charge in [0.2, 0.25) is 0 Å². The first kappa shape index (κ1) is 13.7. The molecule has 0 heterocycles. The SMILES string of the molecule is CCCC(C#N)C(O)CC(C)c1ccccc1. The number of rotatable bonds is 6. The molecule has 92 valence electrons. The van der Waals surface area contributed by atoms with E-state index in [0.29, 0.717) is 12.3 Å². The van der Waals surface area contributed by atoms with Gasteiger partial charge in [-0.1, -0.05) is 50.6 Å². The molecule has 1 aromatic rings. The Morgan fingerprint density at radius 3 is 2.47 bits per heavy atom. The normalized spacial score (nSPS) is 15.9. The predicted molar refractivity (Wildman–Crippen MR) is 69.5 cm³/mol. The molecule has 2 nitrogen and oxygen atoms in total. The maximum absolute atomic E-state index is 10.0. The van der Waals surface area contributed by atoms with E-state index in [-0.39, 0.29) is 5.92 Å². The lowest BCUT2D eigenvalue weighted by Gasteiger charge is -2.20. The molecule has 0 saturated heterocycles. The Kier molecular flexibility index (Phi) is 5.72. The Labute approximate surface area is 104 Å². The number of benzene rings is 1. The zero-order valence-corrected chi connectivity index (χ0v) is 10.6. The van der Waals surface area contributed by atoms with E-state index in [0.717, 1.165) is 12.8 Å². The third-order valence-electron chi connectivity index (χ3n) is 3.19. The van der Waals surface area contributed by atoms with Gasteiger partial charge in [-0.3, -0.25) is 0 Å². The van der Waals surface area contributed by atoms with Crippen molar-refractivity contribution in [1.29, 1.82) is 5.26 Å². The molecule has 0 amide bonds. The highest BCUT2D eigenvalue weighted by Gasteiger charge is 2.20. The van der Waals surface area contributed by atoms with Crippen LogP contribution in [0, 0.1) is 17.2 Å². The van der Waals surface area contributed by atoms with E-state index >= 15 is 0 Å². The third-order valence-corrected chi connectivity index (χ3v) is 3.19. The van der Waals surface area contributed by atoms with Crippen molar-refractivity contribution < 1.29 is 5.11 Å². The molecule has 1 aromatic carbocycles. The van der Waals surface area contributed by atoms with Gasteiger partial charge in [0.05, 0.1) is 18.1 Å². The van der Waals surface area contributed by atoms with Crippen molar-refractivity contribution >= 4 is 0 Å². The molecular formula is C15H21NO. The first-order valence-electron chi connectivity index (χ1n) is 6.31. The van der Waals surface area contributed by atoms with Gasteiger partial charge in [0.25, 0.3) is 0 Å². The molecule has 0 aromatic heterocycles. The van der Waals surface area contributed by atoms with E-state index in [1.807, 2.05) is 25.1 Å². The number of aliphatic hydroxyl groups is 1. The van der Waals surface area contributed by atoms with Crippen molar-refractivity contribution in [2.24, 2.45) is 5.92 Å². The summed E-state index contributed by atoms with van der Waals surface area (Å²) < 4.78 is 0. The zero-order valence-electron chi connectivity index (χ0n) is 10.6. The average molecular weight is 231 g/mol. The van der Waals surface area contributed by atoms with Crippen LogP contribution in [0.2, 0.25) is 0 Å². The minimum absolute atomic E-state index is 0.230. The molecule has 1 N–H and O–H groups in total. The second-order valence-corrected chi connectivity index (χ2v) is 4.64. The van der Waals surface area contributed by atoms with Gasteiger partial charge in [-0.05, 0) is 24.3 Å². The number of aliphatic hydroxyl groups excluding tert-OH is 1. The van der Waals surface area contributed by atoms with Crippen LogP contribution in [0.5, 0.6) is 0 Å². The Morgan fingerprint density at radius 2 is 1.94 bits per heavy atom. The van der Waals surface area contributed by atoms with Gasteiger partial charge in [0.15, 0.2) is 0 Å². The summed E-state index contributed by atoms with van der Waals surface area (Å²) in [4.78, 5) is 0. The minimum atomic E-state index is -0.518. The zero-order chi connectivity index (χ0) is 12.7. The topological polar surface area (TPSA) is 44.0 Å². The van der Waals surface area contributed by atoms with Gasteiger partial charge in [0.1, 0.15) is 0 Å². The largest absolute Gasteiger partial charge is 0.392 e. The second-order valence-electron chi connectivity index (χ2n) is 4.64. The van der Waals surface area contributed by atoms with Crippen LogP contribution in [0.1, 0.15) is 44.6 Å². The van der Waals surface area contributed by atoms with Crippen molar-refractivity contribution in [3.8, 4) is 6.07 Å². The lowest BCUT2D eigenvalue weighted by atomic mass is 9.88. The Balaban J connectivity index is 2.56. The van der Waals surface area contributed by atoms with Crippen LogP contribution in [0.3, 0.4) is 0 Å². The van der Waals surface area contributed by atoms with Gasteiger partial charge in [-0.2, -0.15) is 5.26 Å². The molecule has 0 aliphatic heterocycles. The molecule has 3 atom stereocenters. The summed E-state index contributed by atoms with van der Waals surface area (Å²) >= 11 is 0. The monoisotopic (exact) mass is 231 g/mol. The number of nitrogens with zero attached hydrogens (tertiary/aromatic N) is 1. The minimum Gasteiger partial charge on any atom is -0.392 e. The van der Waals surface area contributed by atoms with E-state index in [4.69, 9.17) is 5.26 Å². The van der Waals surface area contributed by atoms with Crippen LogP contribution >= 0.6 is 0 Å². The number of hydrogen-bond acceptors (Lipinski definition) is 2. The highest BCUT2D eigenvalue weighted by molar-refractivity contribution is 5.18. The van der Waals surface area contributed by atoms with Gasteiger partial charge >= 0.3 is 0 Å². The Morgan fingerprint density at radius 1 is 1.29 bits per heavy atom. The van der Waals surface area contributed by atoms with E-state index in [2.05, 4.69) is 25.1 Å². The van der Waals surface area contributed by atoms with Crippen LogP contribution in [0.15, 0.2) is 30.3 Å². The van der Waals surface area contributed by atoms with Crippen LogP contribution in [0.25, 0.3) is 0 Å². The lowest BCUT2D eigenvalue weighted by molar-refractivity contribution is 0.113. The molecule has 0 bridgehead atoms. The summed E-state index contributed by atoms with van der Waals surface area (Å²) in [6.07, 6.45) is 1.85. The van der Waals surface area contributed by atoms with Crippen molar-refractivity contribution in [1.82, 2.24) is 0 Å². The highest BCUT2D eigenvalue weighted by Crippen LogP contribution is 2.24. The molecule has 0 fully saturated rings. The maximum Gasteiger partial charge on any atom is 0.0722 e. The van der Waals surface area contributed by atoms with Crippen LogP contribution < -0.4 is 0 Å². The average Bonchev–Trinajstić information content (AvgIpc) is 2.36. The van der Waals surface area contributed by atoms with Crippen LogP contribution in [0.4, 0.5) is 0 Å². The fraction of sp³-hybridized carbons (Fsp3) is 0.533. The smallest absolute Gasteiger partial charge is 0.0722 e.